The lowest BCUT2D eigenvalue weighted by atomic mass is 9.85. The number of alkyl halides is 3. The van der Waals surface area contributed by atoms with Crippen molar-refractivity contribution in [1.29, 1.82) is 0 Å². The average molecular weight is 374 g/mol. The number of hydrogen-bond acceptors (Lipinski definition) is 4. The molecule has 0 saturated heterocycles. The van der Waals surface area contributed by atoms with Crippen molar-refractivity contribution in [1.82, 2.24) is 0 Å². The highest BCUT2D eigenvalue weighted by Gasteiger charge is 2.61. The number of hydrogen-bond donors (Lipinski definition) is 1. The Balaban J connectivity index is 3.27. The third-order valence-corrected chi connectivity index (χ3v) is 4.32. The standard InChI is InChI=1S/C19H25F3O4/c1-12(2)15(23)25-14-11-9-8-10-13(14)16(3,4)26-17(5,6)18(7,24)19(20,21)22/h8-11,24H,1H2,2-7H3. The SMILES string of the molecule is C=C(C)C(=O)Oc1ccccc1C(C)(C)OC(C)(C)C(C)(O)C(F)(F)F. The van der Waals surface area contributed by atoms with E-state index >= 15 is 0 Å². The van der Waals surface area contributed by atoms with Gasteiger partial charge >= 0.3 is 12.1 Å². The van der Waals surface area contributed by atoms with E-state index in [1.54, 1.807) is 18.2 Å². The molecule has 1 aromatic rings. The molecule has 1 atom stereocenters. The fraction of sp³-hybridized carbons (Fsp3) is 0.526. The summed E-state index contributed by atoms with van der Waals surface area (Å²) < 4.78 is 50.7. The van der Waals surface area contributed by atoms with Crippen molar-refractivity contribution in [3.8, 4) is 5.75 Å². The molecule has 0 aliphatic carbocycles. The number of benzene rings is 1. The van der Waals surface area contributed by atoms with Gasteiger partial charge in [-0.1, -0.05) is 24.8 Å². The predicted octanol–water partition coefficient (Wildman–Crippen LogP) is 4.51. The van der Waals surface area contributed by atoms with Crippen LogP contribution in [0.2, 0.25) is 0 Å². The van der Waals surface area contributed by atoms with Gasteiger partial charge in [0.05, 0.1) is 5.60 Å². The van der Waals surface area contributed by atoms with E-state index in [9.17, 15) is 23.1 Å². The number of carbonyl (C=O) groups is 1. The fourth-order valence-corrected chi connectivity index (χ4v) is 2.37. The summed E-state index contributed by atoms with van der Waals surface area (Å²) in [5.74, 6) is -0.511. The zero-order valence-corrected chi connectivity index (χ0v) is 15.8. The first-order chi connectivity index (χ1) is 11.5. The number of esters is 1. The summed E-state index contributed by atoms with van der Waals surface area (Å²) in [5.41, 5.74) is -5.84. The maximum Gasteiger partial charge on any atom is 0.419 e. The minimum atomic E-state index is -4.89. The molecule has 7 heteroatoms. The van der Waals surface area contributed by atoms with Gasteiger partial charge in [0, 0.05) is 11.1 Å². The molecule has 0 saturated carbocycles. The second kappa shape index (κ2) is 7.04. The van der Waals surface area contributed by atoms with Gasteiger partial charge in [-0.2, -0.15) is 13.2 Å². The monoisotopic (exact) mass is 374 g/mol. The summed E-state index contributed by atoms with van der Waals surface area (Å²) in [6, 6.07) is 6.36. The topological polar surface area (TPSA) is 55.8 Å². The van der Waals surface area contributed by atoms with E-state index in [0.717, 1.165) is 13.8 Å². The van der Waals surface area contributed by atoms with Crippen LogP contribution >= 0.6 is 0 Å². The van der Waals surface area contributed by atoms with Gasteiger partial charge in [-0.15, -0.1) is 0 Å². The van der Waals surface area contributed by atoms with Crippen LogP contribution < -0.4 is 4.74 Å². The number of halogens is 3. The van der Waals surface area contributed by atoms with Crippen LogP contribution in [0.25, 0.3) is 0 Å². The van der Waals surface area contributed by atoms with E-state index < -0.39 is 28.9 Å². The van der Waals surface area contributed by atoms with Crippen molar-refractivity contribution in [3.05, 3.63) is 42.0 Å². The molecular formula is C19H25F3O4. The summed E-state index contributed by atoms with van der Waals surface area (Å²) in [6.45, 7) is 11.0. The van der Waals surface area contributed by atoms with Crippen LogP contribution in [0, 0.1) is 0 Å². The van der Waals surface area contributed by atoms with Gasteiger partial charge in [-0.05, 0) is 47.6 Å². The maximum atomic E-state index is 13.2. The van der Waals surface area contributed by atoms with Crippen LogP contribution in [-0.4, -0.2) is 28.5 Å². The number of para-hydroxylation sites is 1. The van der Waals surface area contributed by atoms with Crippen LogP contribution in [0.15, 0.2) is 36.4 Å². The summed E-state index contributed by atoms with van der Waals surface area (Å²) in [5, 5.41) is 10.0. The molecule has 0 aliphatic heterocycles. The van der Waals surface area contributed by atoms with Gasteiger partial charge in [0.25, 0.3) is 0 Å². The highest BCUT2D eigenvalue weighted by Crippen LogP contribution is 2.45. The predicted molar refractivity (Wildman–Crippen MR) is 91.8 cm³/mol. The van der Waals surface area contributed by atoms with E-state index in [1.165, 1.54) is 26.8 Å². The van der Waals surface area contributed by atoms with Crippen molar-refractivity contribution in [2.45, 2.75) is 64.5 Å². The highest BCUT2D eigenvalue weighted by molar-refractivity contribution is 5.89. The number of aliphatic hydroxyl groups is 1. The van der Waals surface area contributed by atoms with Gasteiger partial charge in [0.15, 0.2) is 5.60 Å². The van der Waals surface area contributed by atoms with E-state index in [-0.39, 0.29) is 11.3 Å². The Bertz CT molecular complexity index is 688. The summed E-state index contributed by atoms with van der Waals surface area (Å²) in [6.07, 6.45) is -4.89. The van der Waals surface area contributed by atoms with E-state index in [2.05, 4.69) is 6.58 Å². The van der Waals surface area contributed by atoms with Crippen LogP contribution in [0.4, 0.5) is 13.2 Å². The Morgan fingerprint density at radius 1 is 1.08 bits per heavy atom. The molecule has 4 nitrogen and oxygen atoms in total. The quantitative estimate of drug-likeness (QED) is 0.452. The minimum Gasteiger partial charge on any atom is -0.423 e. The van der Waals surface area contributed by atoms with Gasteiger partial charge in [0.2, 0.25) is 0 Å². The van der Waals surface area contributed by atoms with Crippen molar-refractivity contribution in [3.63, 3.8) is 0 Å². The number of rotatable bonds is 6. The summed E-state index contributed by atoms with van der Waals surface area (Å²) >= 11 is 0. The molecule has 0 aromatic heterocycles. The Hall–Kier alpha value is -1.86. The Morgan fingerprint density at radius 3 is 2.04 bits per heavy atom. The lowest BCUT2D eigenvalue weighted by Gasteiger charge is -2.45. The van der Waals surface area contributed by atoms with Crippen molar-refractivity contribution in [2.75, 3.05) is 0 Å². The minimum absolute atomic E-state index is 0.146. The maximum absolute atomic E-state index is 13.2. The molecule has 1 N–H and O–H groups in total. The van der Waals surface area contributed by atoms with Crippen molar-refractivity contribution >= 4 is 5.97 Å². The van der Waals surface area contributed by atoms with Gasteiger partial charge in [0.1, 0.15) is 11.4 Å². The zero-order valence-electron chi connectivity index (χ0n) is 15.8. The van der Waals surface area contributed by atoms with Crippen LogP contribution in [-0.2, 0) is 15.1 Å². The molecule has 0 fully saturated rings. The van der Waals surface area contributed by atoms with Crippen LogP contribution in [0.5, 0.6) is 5.75 Å². The molecule has 0 aliphatic rings. The third-order valence-electron chi connectivity index (χ3n) is 4.32. The molecule has 26 heavy (non-hydrogen) atoms. The number of ether oxygens (including phenoxy) is 2. The molecule has 0 bridgehead atoms. The Labute approximate surface area is 151 Å². The Kier molecular flexibility index (Phi) is 6.01. The van der Waals surface area contributed by atoms with E-state index in [1.807, 2.05) is 0 Å². The smallest absolute Gasteiger partial charge is 0.419 e. The lowest BCUT2D eigenvalue weighted by Crippen LogP contribution is -2.61. The summed E-state index contributed by atoms with van der Waals surface area (Å²) in [4.78, 5) is 11.8. The molecule has 0 amide bonds. The molecule has 0 heterocycles. The van der Waals surface area contributed by atoms with Gasteiger partial charge < -0.3 is 14.6 Å². The molecule has 1 rings (SSSR count). The Morgan fingerprint density at radius 2 is 1.58 bits per heavy atom. The zero-order chi connectivity index (χ0) is 20.6. The van der Waals surface area contributed by atoms with Gasteiger partial charge in [-0.3, -0.25) is 0 Å². The first-order valence-electron chi connectivity index (χ1n) is 7.99. The van der Waals surface area contributed by atoms with E-state index in [0.29, 0.717) is 12.5 Å². The third kappa shape index (κ3) is 4.45. The average Bonchev–Trinajstić information content (AvgIpc) is 2.45. The van der Waals surface area contributed by atoms with Crippen molar-refractivity contribution in [2.24, 2.45) is 0 Å². The normalized spacial score (nSPS) is 15.3. The first-order valence-corrected chi connectivity index (χ1v) is 7.99. The van der Waals surface area contributed by atoms with Crippen molar-refractivity contribution < 1.29 is 32.5 Å². The first kappa shape index (κ1) is 22.2. The molecule has 0 radical (unpaired) electrons. The van der Waals surface area contributed by atoms with E-state index in [4.69, 9.17) is 9.47 Å². The number of carbonyl (C=O) groups excluding carboxylic acids is 1. The largest absolute Gasteiger partial charge is 0.423 e. The van der Waals surface area contributed by atoms with Crippen LogP contribution in [0.1, 0.15) is 47.1 Å². The molecule has 0 spiro atoms. The summed E-state index contributed by atoms with van der Waals surface area (Å²) in [7, 11) is 0. The highest BCUT2D eigenvalue weighted by atomic mass is 19.4. The fourth-order valence-electron chi connectivity index (χ4n) is 2.37. The second-order valence-electron chi connectivity index (χ2n) is 7.36. The molecular weight excluding hydrogens is 349 g/mol. The van der Waals surface area contributed by atoms with Gasteiger partial charge in [-0.25, -0.2) is 4.79 Å². The molecule has 146 valence electrons. The van der Waals surface area contributed by atoms with Crippen LogP contribution in [0.3, 0.4) is 0 Å². The lowest BCUT2D eigenvalue weighted by molar-refractivity contribution is -0.328. The molecule has 1 aromatic carbocycles. The second-order valence-corrected chi connectivity index (χ2v) is 7.36. The molecule has 1 unspecified atom stereocenters.